The SMILES string of the molecule is CNC(=O)c1cc(C(=O)NC2C3COCC32)nn1Cc1ccccc1. The summed E-state index contributed by atoms with van der Waals surface area (Å²) >= 11 is 0. The van der Waals surface area contributed by atoms with Gasteiger partial charge >= 0.3 is 0 Å². The van der Waals surface area contributed by atoms with Crippen molar-refractivity contribution in [3.05, 3.63) is 53.3 Å². The van der Waals surface area contributed by atoms with Crippen LogP contribution in [-0.4, -0.2) is 47.9 Å². The number of rotatable bonds is 5. The molecule has 1 aromatic carbocycles. The second-order valence-electron chi connectivity index (χ2n) is 6.50. The highest BCUT2D eigenvalue weighted by atomic mass is 16.5. The Balaban J connectivity index is 1.54. The molecule has 2 aliphatic rings. The average molecular weight is 340 g/mol. The van der Waals surface area contributed by atoms with E-state index in [1.807, 2.05) is 30.3 Å². The number of carbonyl (C=O) groups excluding carboxylic acids is 2. The van der Waals surface area contributed by atoms with E-state index in [0.29, 0.717) is 37.3 Å². The monoisotopic (exact) mass is 340 g/mol. The summed E-state index contributed by atoms with van der Waals surface area (Å²) in [4.78, 5) is 24.6. The van der Waals surface area contributed by atoms with Crippen molar-refractivity contribution in [2.45, 2.75) is 12.6 Å². The summed E-state index contributed by atoms with van der Waals surface area (Å²) in [6.07, 6.45) is 0. The zero-order valence-corrected chi connectivity index (χ0v) is 13.9. The van der Waals surface area contributed by atoms with Gasteiger partial charge in [-0.15, -0.1) is 0 Å². The maximum absolute atomic E-state index is 12.5. The van der Waals surface area contributed by atoms with Gasteiger partial charge in [0.15, 0.2) is 5.69 Å². The van der Waals surface area contributed by atoms with Gasteiger partial charge in [0, 0.05) is 31.0 Å². The lowest BCUT2D eigenvalue weighted by Gasteiger charge is -2.06. The van der Waals surface area contributed by atoms with E-state index in [0.717, 1.165) is 5.56 Å². The van der Waals surface area contributed by atoms with Gasteiger partial charge in [0.05, 0.1) is 19.8 Å². The minimum Gasteiger partial charge on any atom is -0.381 e. The van der Waals surface area contributed by atoms with Crippen LogP contribution in [0.3, 0.4) is 0 Å². The van der Waals surface area contributed by atoms with Crippen molar-refractivity contribution in [3.8, 4) is 0 Å². The van der Waals surface area contributed by atoms with Gasteiger partial charge in [-0.3, -0.25) is 14.3 Å². The number of ether oxygens (including phenoxy) is 1. The Hall–Kier alpha value is -2.67. The standard InChI is InChI=1S/C18H20N4O3/c1-19-18(24)15-7-14(17(23)20-16-12-9-25-10-13(12)16)21-22(15)8-11-5-3-2-4-6-11/h2-7,12-13,16H,8-10H2,1H3,(H,19,24)(H,20,23). The second-order valence-corrected chi connectivity index (χ2v) is 6.50. The quantitative estimate of drug-likeness (QED) is 0.838. The van der Waals surface area contributed by atoms with Crippen LogP contribution in [0.5, 0.6) is 0 Å². The van der Waals surface area contributed by atoms with Gasteiger partial charge in [-0.2, -0.15) is 5.10 Å². The summed E-state index contributed by atoms with van der Waals surface area (Å²) in [7, 11) is 1.56. The Morgan fingerprint density at radius 3 is 2.60 bits per heavy atom. The predicted octanol–water partition coefficient (Wildman–Crippen LogP) is 0.666. The summed E-state index contributed by atoms with van der Waals surface area (Å²) in [5.74, 6) is 0.345. The molecular weight excluding hydrogens is 320 g/mol. The first kappa shape index (κ1) is 15.8. The third-order valence-electron chi connectivity index (χ3n) is 4.90. The molecule has 7 heteroatoms. The number of nitrogens with one attached hydrogen (secondary N) is 2. The molecular formula is C18H20N4O3. The fraction of sp³-hybridized carbons (Fsp3) is 0.389. The molecule has 2 heterocycles. The van der Waals surface area contributed by atoms with Crippen LogP contribution in [0.2, 0.25) is 0 Å². The lowest BCUT2D eigenvalue weighted by Crippen LogP contribution is -2.30. The van der Waals surface area contributed by atoms with E-state index in [1.54, 1.807) is 17.8 Å². The average Bonchev–Trinajstić information content (AvgIpc) is 3.00. The molecule has 2 fully saturated rings. The van der Waals surface area contributed by atoms with Crippen molar-refractivity contribution >= 4 is 11.8 Å². The molecule has 1 saturated carbocycles. The highest BCUT2D eigenvalue weighted by molar-refractivity contribution is 5.98. The van der Waals surface area contributed by atoms with E-state index in [4.69, 9.17) is 4.74 Å². The molecule has 4 rings (SSSR count). The van der Waals surface area contributed by atoms with Crippen molar-refractivity contribution in [3.63, 3.8) is 0 Å². The Bertz CT molecular complexity index is 792. The summed E-state index contributed by atoms with van der Waals surface area (Å²) in [5, 5.41) is 9.97. The van der Waals surface area contributed by atoms with E-state index in [1.165, 1.54) is 0 Å². The van der Waals surface area contributed by atoms with Crippen LogP contribution in [0.1, 0.15) is 26.5 Å². The first-order valence-electron chi connectivity index (χ1n) is 8.40. The smallest absolute Gasteiger partial charge is 0.272 e. The van der Waals surface area contributed by atoms with Gasteiger partial charge in [-0.25, -0.2) is 0 Å². The molecule has 0 radical (unpaired) electrons. The zero-order valence-electron chi connectivity index (χ0n) is 13.9. The summed E-state index contributed by atoms with van der Waals surface area (Å²) < 4.78 is 6.91. The van der Waals surface area contributed by atoms with Crippen LogP contribution in [0.15, 0.2) is 36.4 Å². The molecule has 0 bridgehead atoms. The van der Waals surface area contributed by atoms with Crippen molar-refractivity contribution in [1.29, 1.82) is 0 Å². The predicted molar refractivity (Wildman–Crippen MR) is 90.2 cm³/mol. The summed E-state index contributed by atoms with van der Waals surface area (Å²) in [5.41, 5.74) is 1.65. The molecule has 2 N–H and O–H groups in total. The molecule has 2 aromatic rings. The molecule has 0 spiro atoms. The molecule has 1 aliphatic heterocycles. The Labute approximate surface area is 145 Å². The molecule has 1 aliphatic carbocycles. The third kappa shape index (κ3) is 3.02. The normalized spacial score (nSPS) is 23.8. The summed E-state index contributed by atoms with van der Waals surface area (Å²) in [6.45, 7) is 1.85. The maximum Gasteiger partial charge on any atom is 0.272 e. The second kappa shape index (κ2) is 6.33. The van der Waals surface area contributed by atoms with E-state index >= 15 is 0 Å². The van der Waals surface area contributed by atoms with Gasteiger partial charge < -0.3 is 15.4 Å². The number of benzene rings is 1. The highest BCUT2D eigenvalue weighted by Crippen LogP contribution is 2.44. The number of nitrogens with zero attached hydrogens (tertiary/aromatic N) is 2. The van der Waals surface area contributed by atoms with Gasteiger partial charge in [0.25, 0.3) is 11.8 Å². The minimum atomic E-state index is -0.265. The van der Waals surface area contributed by atoms with Crippen molar-refractivity contribution in [2.24, 2.45) is 11.8 Å². The largest absolute Gasteiger partial charge is 0.381 e. The number of carbonyl (C=O) groups is 2. The fourth-order valence-electron chi connectivity index (χ4n) is 3.39. The van der Waals surface area contributed by atoms with Gasteiger partial charge in [0.2, 0.25) is 0 Å². The molecule has 130 valence electrons. The van der Waals surface area contributed by atoms with E-state index in [9.17, 15) is 9.59 Å². The molecule has 1 aromatic heterocycles. The third-order valence-corrected chi connectivity index (χ3v) is 4.90. The van der Waals surface area contributed by atoms with Crippen LogP contribution >= 0.6 is 0 Å². The van der Waals surface area contributed by atoms with Crippen molar-refractivity contribution < 1.29 is 14.3 Å². The van der Waals surface area contributed by atoms with Crippen LogP contribution < -0.4 is 10.6 Å². The Kier molecular flexibility index (Phi) is 4.01. The van der Waals surface area contributed by atoms with Gasteiger partial charge in [-0.05, 0) is 5.56 Å². The number of aromatic nitrogens is 2. The van der Waals surface area contributed by atoms with E-state index in [2.05, 4.69) is 15.7 Å². The van der Waals surface area contributed by atoms with Crippen LogP contribution in [0, 0.1) is 11.8 Å². The van der Waals surface area contributed by atoms with Crippen molar-refractivity contribution in [1.82, 2.24) is 20.4 Å². The fourth-order valence-corrected chi connectivity index (χ4v) is 3.39. The lowest BCUT2D eigenvalue weighted by atomic mass is 10.2. The number of hydrogen-bond donors (Lipinski definition) is 2. The number of amides is 2. The van der Waals surface area contributed by atoms with Crippen LogP contribution in [-0.2, 0) is 11.3 Å². The lowest BCUT2D eigenvalue weighted by molar-refractivity contribution is 0.0921. The van der Waals surface area contributed by atoms with Gasteiger partial charge in [0.1, 0.15) is 5.69 Å². The Morgan fingerprint density at radius 2 is 1.92 bits per heavy atom. The first-order chi connectivity index (χ1) is 12.2. The molecule has 7 nitrogen and oxygen atoms in total. The molecule has 1 saturated heterocycles. The first-order valence-corrected chi connectivity index (χ1v) is 8.40. The van der Waals surface area contributed by atoms with Gasteiger partial charge in [-0.1, -0.05) is 30.3 Å². The van der Waals surface area contributed by atoms with Crippen LogP contribution in [0.4, 0.5) is 0 Å². The highest BCUT2D eigenvalue weighted by Gasteiger charge is 2.54. The Morgan fingerprint density at radius 1 is 1.20 bits per heavy atom. The number of hydrogen-bond acceptors (Lipinski definition) is 4. The van der Waals surface area contributed by atoms with E-state index in [-0.39, 0.29) is 23.6 Å². The minimum absolute atomic E-state index is 0.170. The molecule has 25 heavy (non-hydrogen) atoms. The van der Waals surface area contributed by atoms with E-state index < -0.39 is 0 Å². The molecule has 2 amide bonds. The summed E-state index contributed by atoms with van der Waals surface area (Å²) in [6, 6.07) is 11.4. The van der Waals surface area contributed by atoms with Crippen LogP contribution in [0.25, 0.3) is 0 Å². The zero-order chi connectivity index (χ0) is 17.4. The molecule has 2 atom stereocenters. The number of fused-ring (bicyclic) bond motifs is 1. The topological polar surface area (TPSA) is 85.2 Å². The van der Waals surface area contributed by atoms with Crippen molar-refractivity contribution in [2.75, 3.05) is 20.3 Å². The molecule has 2 unspecified atom stereocenters. The maximum atomic E-state index is 12.5.